The van der Waals surface area contributed by atoms with Crippen LogP contribution in [0.25, 0.3) is 10.9 Å². The summed E-state index contributed by atoms with van der Waals surface area (Å²) in [6.45, 7) is 2.06. The summed E-state index contributed by atoms with van der Waals surface area (Å²) >= 11 is 0. The minimum atomic E-state index is 0.761. The van der Waals surface area contributed by atoms with Crippen LogP contribution >= 0.6 is 0 Å². The summed E-state index contributed by atoms with van der Waals surface area (Å²) < 4.78 is 5.33. The van der Waals surface area contributed by atoms with Crippen molar-refractivity contribution in [3.63, 3.8) is 0 Å². The highest BCUT2D eigenvalue weighted by atomic mass is 16.5. The minimum absolute atomic E-state index is 0.761. The molecule has 0 bridgehead atoms. The maximum atomic E-state index is 5.33. The van der Waals surface area contributed by atoms with Crippen LogP contribution in [0.4, 0.5) is 0 Å². The van der Waals surface area contributed by atoms with E-state index in [1.54, 1.807) is 7.11 Å². The van der Waals surface area contributed by atoms with E-state index in [4.69, 9.17) is 4.74 Å². The number of ether oxygens (including phenoxy) is 1. The smallest absolute Gasteiger partial charge is 0.128 e. The largest absolute Gasteiger partial charge is 0.496 e. The maximum absolute atomic E-state index is 5.33. The van der Waals surface area contributed by atoms with E-state index in [1.165, 1.54) is 5.56 Å². The molecule has 0 atom stereocenters. The molecule has 2 aromatic carbocycles. The zero-order valence-corrected chi connectivity index (χ0v) is 12.1. The summed E-state index contributed by atoms with van der Waals surface area (Å²) in [5, 5.41) is 1.00. The molecule has 0 saturated carbocycles. The topological polar surface area (TPSA) is 22.1 Å². The van der Waals surface area contributed by atoms with Gasteiger partial charge in [-0.25, -0.2) is 4.98 Å². The van der Waals surface area contributed by atoms with Gasteiger partial charge in [-0.15, -0.1) is 0 Å². The number of benzene rings is 2. The second-order valence-corrected chi connectivity index (χ2v) is 4.84. The zero-order valence-electron chi connectivity index (χ0n) is 12.1. The van der Waals surface area contributed by atoms with Crippen LogP contribution in [0.2, 0.25) is 0 Å². The van der Waals surface area contributed by atoms with E-state index in [9.17, 15) is 0 Å². The van der Waals surface area contributed by atoms with Gasteiger partial charge < -0.3 is 4.74 Å². The number of rotatable bonds is 1. The van der Waals surface area contributed by atoms with Gasteiger partial charge in [-0.2, -0.15) is 0 Å². The maximum Gasteiger partial charge on any atom is 0.128 e. The van der Waals surface area contributed by atoms with Crippen molar-refractivity contribution >= 4 is 10.9 Å². The first-order chi connectivity index (χ1) is 10.3. The van der Waals surface area contributed by atoms with Crippen LogP contribution in [0.3, 0.4) is 0 Å². The van der Waals surface area contributed by atoms with E-state index in [-0.39, 0.29) is 0 Å². The van der Waals surface area contributed by atoms with E-state index in [0.29, 0.717) is 0 Å². The Bertz CT molecular complexity index is 856. The van der Waals surface area contributed by atoms with Gasteiger partial charge in [-0.1, -0.05) is 24.1 Å². The lowest BCUT2D eigenvalue weighted by atomic mass is 10.1. The van der Waals surface area contributed by atoms with Gasteiger partial charge in [-0.3, -0.25) is 0 Å². The molecule has 21 heavy (non-hydrogen) atoms. The van der Waals surface area contributed by atoms with Crippen LogP contribution in [-0.4, -0.2) is 12.1 Å². The van der Waals surface area contributed by atoms with Gasteiger partial charge in [-0.05, 0) is 54.8 Å². The SMILES string of the molecule is COc1cccc2nc(C#Cc3cccc(C)c3)ccc12. The van der Waals surface area contributed by atoms with E-state index in [2.05, 4.69) is 35.9 Å². The van der Waals surface area contributed by atoms with Gasteiger partial charge in [0.05, 0.1) is 12.6 Å². The molecule has 3 rings (SSSR count). The molecule has 0 N–H and O–H groups in total. The van der Waals surface area contributed by atoms with Crippen LogP contribution in [0.1, 0.15) is 16.8 Å². The third-order valence-corrected chi connectivity index (χ3v) is 3.26. The average Bonchev–Trinajstić information content (AvgIpc) is 2.52. The van der Waals surface area contributed by atoms with E-state index >= 15 is 0 Å². The Hall–Kier alpha value is -2.79. The highest BCUT2D eigenvalue weighted by molar-refractivity contribution is 5.85. The molecule has 0 aliphatic rings. The first-order valence-corrected chi connectivity index (χ1v) is 6.79. The van der Waals surface area contributed by atoms with Gasteiger partial charge in [0.1, 0.15) is 11.4 Å². The molecule has 0 fully saturated rings. The molecule has 102 valence electrons. The summed E-state index contributed by atoms with van der Waals surface area (Å²) in [6.07, 6.45) is 0. The Morgan fingerprint density at radius 1 is 0.952 bits per heavy atom. The lowest BCUT2D eigenvalue weighted by molar-refractivity contribution is 0.420. The number of hydrogen-bond donors (Lipinski definition) is 0. The lowest BCUT2D eigenvalue weighted by Gasteiger charge is -2.04. The molecule has 1 aromatic heterocycles. The van der Waals surface area contributed by atoms with Crippen LogP contribution in [0.5, 0.6) is 5.75 Å². The Kier molecular flexibility index (Phi) is 3.57. The fourth-order valence-corrected chi connectivity index (χ4v) is 2.23. The number of hydrogen-bond acceptors (Lipinski definition) is 2. The predicted molar refractivity (Wildman–Crippen MR) is 85.5 cm³/mol. The third kappa shape index (κ3) is 2.88. The normalized spacial score (nSPS) is 10.0. The second kappa shape index (κ2) is 5.68. The first-order valence-electron chi connectivity index (χ1n) is 6.79. The van der Waals surface area contributed by atoms with E-state index in [0.717, 1.165) is 27.9 Å². The minimum Gasteiger partial charge on any atom is -0.496 e. The molecule has 3 aromatic rings. The predicted octanol–water partition coefficient (Wildman–Crippen LogP) is 3.95. The molecule has 0 spiro atoms. The summed E-state index contributed by atoms with van der Waals surface area (Å²) in [6, 6.07) is 17.9. The van der Waals surface area contributed by atoms with Crippen molar-refractivity contribution in [2.45, 2.75) is 6.92 Å². The van der Waals surface area contributed by atoms with Gasteiger partial charge in [0.25, 0.3) is 0 Å². The summed E-state index contributed by atoms with van der Waals surface area (Å²) in [5.74, 6) is 7.10. The Morgan fingerprint density at radius 2 is 1.81 bits per heavy atom. The second-order valence-electron chi connectivity index (χ2n) is 4.84. The fraction of sp³-hybridized carbons (Fsp3) is 0.105. The molecule has 0 radical (unpaired) electrons. The van der Waals surface area contributed by atoms with Gasteiger partial charge in [0, 0.05) is 10.9 Å². The van der Waals surface area contributed by atoms with Crippen LogP contribution in [0.15, 0.2) is 54.6 Å². The highest BCUT2D eigenvalue weighted by Crippen LogP contribution is 2.23. The molecule has 0 saturated heterocycles. The number of pyridine rings is 1. The summed E-state index contributed by atoms with van der Waals surface area (Å²) in [5.41, 5.74) is 3.86. The number of methoxy groups -OCH3 is 1. The van der Waals surface area contributed by atoms with Crippen LogP contribution < -0.4 is 4.74 Å². The van der Waals surface area contributed by atoms with E-state index in [1.807, 2.05) is 42.5 Å². The highest BCUT2D eigenvalue weighted by Gasteiger charge is 2.01. The standard InChI is InChI=1S/C19H15NO/c1-14-5-3-6-15(13-14)9-10-16-11-12-17-18(20-16)7-4-8-19(17)21-2/h3-8,11-13H,1-2H3. The molecular formula is C19H15NO. The molecule has 0 unspecified atom stereocenters. The van der Waals surface area contributed by atoms with Crippen molar-refractivity contribution in [2.24, 2.45) is 0 Å². The first kappa shape index (κ1) is 13.2. The molecule has 0 amide bonds. The molecular weight excluding hydrogens is 258 g/mol. The molecule has 1 heterocycles. The third-order valence-electron chi connectivity index (χ3n) is 3.26. The van der Waals surface area contributed by atoms with Crippen LogP contribution in [-0.2, 0) is 0 Å². The van der Waals surface area contributed by atoms with Gasteiger partial charge in [0.15, 0.2) is 0 Å². The summed E-state index contributed by atoms with van der Waals surface area (Å²) in [4.78, 5) is 4.57. The monoisotopic (exact) mass is 273 g/mol. The van der Waals surface area contributed by atoms with Crippen molar-refractivity contribution in [3.8, 4) is 17.6 Å². The number of fused-ring (bicyclic) bond motifs is 1. The zero-order chi connectivity index (χ0) is 14.7. The van der Waals surface area contributed by atoms with Crippen LogP contribution in [0, 0.1) is 18.8 Å². The quantitative estimate of drug-likeness (QED) is 0.626. The molecule has 0 aliphatic carbocycles. The lowest BCUT2D eigenvalue weighted by Crippen LogP contribution is -1.88. The Balaban J connectivity index is 1.99. The summed E-state index contributed by atoms with van der Waals surface area (Å²) in [7, 11) is 1.67. The Labute approximate surface area is 124 Å². The van der Waals surface area contributed by atoms with Crippen molar-refractivity contribution in [3.05, 3.63) is 71.4 Å². The van der Waals surface area contributed by atoms with Gasteiger partial charge in [0.2, 0.25) is 0 Å². The molecule has 2 heteroatoms. The van der Waals surface area contributed by atoms with Crippen molar-refractivity contribution in [1.82, 2.24) is 4.98 Å². The number of aromatic nitrogens is 1. The van der Waals surface area contributed by atoms with E-state index < -0.39 is 0 Å². The molecule has 0 aliphatic heterocycles. The van der Waals surface area contributed by atoms with Crippen molar-refractivity contribution in [2.75, 3.05) is 7.11 Å². The fourth-order valence-electron chi connectivity index (χ4n) is 2.23. The van der Waals surface area contributed by atoms with Crippen molar-refractivity contribution in [1.29, 1.82) is 0 Å². The van der Waals surface area contributed by atoms with Gasteiger partial charge >= 0.3 is 0 Å². The van der Waals surface area contributed by atoms with Crippen molar-refractivity contribution < 1.29 is 4.74 Å². The number of aryl methyl sites for hydroxylation is 1. The number of nitrogens with zero attached hydrogens (tertiary/aromatic N) is 1. The Morgan fingerprint density at radius 3 is 2.62 bits per heavy atom. The average molecular weight is 273 g/mol. The molecule has 2 nitrogen and oxygen atoms in total.